The molecule has 3 N–H and O–H groups in total. The monoisotopic (exact) mass is 239 g/mol. The standard InChI is InChI=1S/C10H13N3O4/c1-10(2,9(16)17)5-13-8(15)6-3-12-7(14)4-11-6/h3-4H,5H2,1-2H3,(H,12,14)(H,13,15)(H,16,17). The first-order valence-electron chi connectivity index (χ1n) is 4.89. The molecular formula is C10H13N3O4. The SMILES string of the molecule is CC(C)(CNC(=O)c1c[nH]c(=O)cn1)C(=O)O. The van der Waals surface area contributed by atoms with Crippen molar-refractivity contribution in [2.45, 2.75) is 13.8 Å². The van der Waals surface area contributed by atoms with E-state index in [-0.39, 0.29) is 12.2 Å². The number of nitrogens with one attached hydrogen (secondary N) is 2. The van der Waals surface area contributed by atoms with Gasteiger partial charge in [0, 0.05) is 12.7 Å². The third-order valence-corrected chi connectivity index (χ3v) is 2.17. The van der Waals surface area contributed by atoms with Crippen LogP contribution < -0.4 is 10.9 Å². The molecular weight excluding hydrogens is 226 g/mol. The van der Waals surface area contributed by atoms with Crippen LogP contribution in [0, 0.1) is 5.41 Å². The Bertz CT molecular complexity index is 472. The van der Waals surface area contributed by atoms with Gasteiger partial charge in [0.05, 0.1) is 11.6 Å². The van der Waals surface area contributed by atoms with E-state index < -0.39 is 22.9 Å². The molecule has 17 heavy (non-hydrogen) atoms. The highest BCUT2D eigenvalue weighted by Crippen LogP contribution is 2.13. The number of aromatic nitrogens is 2. The van der Waals surface area contributed by atoms with Crippen molar-refractivity contribution in [1.82, 2.24) is 15.3 Å². The van der Waals surface area contributed by atoms with Gasteiger partial charge in [0.25, 0.3) is 11.5 Å². The van der Waals surface area contributed by atoms with Gasteiger partial charge in [-0.15, -0.1) is 0 Å². The van der Waals surface area contributed by atoms with Crippen molar-refractivity contribution in [2.24, 2.45) is 5.41 Å². The Hall–Kier alpha value is -2.18. The lowest BCUT2D eigenvalue weighted by Crippen LogP contribution is -2.39. The number of carboxylic acids is 1. The van der Waals surface area contributed by atoms with Gasteiger partial charge in [-0.05, 0) is 13.8 Å². The highest BCUT2D eigenvalue weighted by Gasteiger charge is 2.27. The van der Waals surface area contributed by atoms with Gasteiger partial charge in [-0.25, -0.2) is 4.98 Å². The van der Waals surface area contributed by atoms with E-state index in [2.05, 4.69) is 15.3 Å². The summed E-state index contributed by atoms with van der Waals surface area (Å²) in [4.78, 5) is 39.0. The molecule has 0 spiro atoms. The van der Waals surface area contributed by atoms with E-state index in [4.69, 9.17) is 5.11 Å². The van der Waals surface area contributed by atoms with E-state index in [1.165, 1.54) is 20.0 Å². The zero-order chi connectivity index (χ0) is 13.1. The maximum absolute atomic E-state index is 11.5. The Morgan fingerprint density at radius 3 is 2.65 bits per heavy atom. The Morgan fingerprint density at radius 1 is 1.53 bits per heavy atom. The van der Waals surface area contributed by atoms with Crippen LogP contribution in [-0.4, -0.2) is 33.5 Å². The molecule has 0 aromatic carbocycles. The second-order valence-electron chi connectivity index (χ2n) is 4.17. The number of hydrogen-bond donors (Lipinski definition) is 3. The van der Waals surface area contributed by atoms with Crippen LogP contribution >= 0.6 is 0 Å². The lowest BCUT2D eigenvalue weighted by atomic mass is 9.94. The van der Waals surface area contributed by atoms with Crippen molar-refractivity contribution in [3.8, 4) is 0 Å². The molecule has 0 radical (unpaired) electrons. The van der Waals surface area contributed by atoms with Gasteiger partial charge in [-0.1, -0.05) is 0 Å². The molecule has 0 saturated heterocycles. The summed E-state index contributed by atoms with van der Waals surface area (Å²) < 4.78 is 0. The molecule has 1 rings (SSSR count). The number of aromatic amines is 1. The van der Waals surface area contributed by atoms with Gasteiger partial charge in [0.2, 0.25) is 0 Å². The summed E-state index contributed by atoms with van der Waals surface area (Å²) in [6.45, 7) is 2.97. The summed E-state index contributed by atoms with van der Waals surface area (Å²) in [5.74, 6) is -1.54. The van der Waals surface area contributed by atoms with E-state index in [1.54, 1.807) is 0 Å². The minimum absolute atomic E-state index is 0.0258. The largest absolute Gasteiger partial charge is 0.481 e. The topological polar surface area (TPSA) is 112 Å². The summed E-state index contributed by atoms with van der Waals surface area (Å²) in [5, 5.41) is 11.3. The lowest BCUT2D eigenvalue weighted by Gasteiger charge is -2.19. The second-order valence-corrected chi connectivity index (χ2v) is 4.17. The fraction of sp³-hybridized carbons (Fsp3) is 0.400. The molecule has 0 atom stereocenters. The van der Waals surface area contributed by atoms with E-state index in [0.29, 0.717) is 0 Å². The molecule has 92 valence electrons. The maximum atomic E-state index is 11.5. The van der Waals surface area contributed by atoms with Crippen molar-refractivity contribution < 1.29 is 14.7 Å². The van der Waals surface area contributed by atoms with Crippen LogP contribution in [0.4, 0.5) is 0 Å². The number of rotatable bonds is 4. The summed E-state index contributed by atoms with van der Waals surface area (Å²) in [7, 11) is 0. The van der Waals surface area contributed by atoms with Crippen molar-refractivity contribution in [1.29, 1.82) is 0 Å². The van der Waals surface area contributed by atoms with E-state index in [1.807, 2.05) is 0 Å². The van der Waals surface area contributed by atoms with E-state index in [9.17, 15) is 14.4 Å². The fourth-order valence-electron chi connectivity index (χ4n) is 0.934. The minimum Gasteiger partial charge on any atom is -0.481 e. The molecule has 1 aromatic rings. The average molecular weight is 239 g/mol. The summed E-state index contributed by atoms with van der Waals surface area (Å²) in [5.41, 5.74) is -1.43. The quantitative estimate of drug-likeness (QED) is 0.662. The van der Waals surface area contributed by atoms with Gasteiger partial charge < -0.3 is 15.4 Å². The number of carbonyl (C=O) groups is 2. The number of carboxylic acid groups (broad SMARTS) is 1. The number of H-pyrrole nitrogens is 1. The van der Waals surface area contributed by atoms with Gasteiger partial charge in [0.15, 0.2) is 0 Å². The van der Waals surface area contributed by atoms with Crippen LogP contribution in [-0.2, 0) is 4.79 Å². The average Bonchev–Trinajstić information content (AvgIpc) is 2.27. The van der Waals surface area contributed by atoms with Crippen LogP contribution in [0.5, 0.6) is 0 Å². The van der Waals surface area contributed by atoms with E-state index in [0.717, 1.165) is 6.20 Å². The Kier molecular flexibility index (Phi) is 3.62. The van der Waals surface area contributed by atoms with Crippen LogP contribution in [0.1, 0.15) is 24.3 Å². The first-order valence-corrected chi connectivity index (χ1v) is 4.89. The molecule has 1 aromatic heterocycles. The minimum atomic E-state index is -1.06. The first kappa shape index (κ1) is 12.9. The molecule has 0 aliphatic carbocycles. The zero-order valence-electron chi connectivity index (χ0n) is 9.48. The smallest absolute Gasteiger partial charge is 0.310 e. The molecule has 7 nitrogen and oxygen atoms in total. The molecule has 0 unspecified atom stereocenters. The fourth-order valence-corrected chi connectivity index (χ4v) is 0.934. The summed E-state index contributed by atoms with van der Waals surface area (Å²) in [6, 6.07) is 0. The predicted octanol–water partition coefficient (Wildman–Crippen LogP) is -0.390. The van der Waals surface area contributed by atoms with Gasteiger partial charge >= 0.3 is 5.97 Å². The molecule has 7 heteroatoms. The van der Waals surface area contributed by atoms with Crippen molar-refractivity contribution >= 4 is 11.9 Å². The molecule has 0 aliphatic rings. The normalized spacial score (nSPS) is 10.9. The predicted molar refractivity (Wildman–Crippen MR) is 58.6 cm³/mol. The Labute approximate surface area is 96.9 Å². The van der Waals surface area contributed by atoms with Crippen LogP contribution in [0.25, 0.3) is 0 Å². The van der Waals surface area contributed by atoms with E-state index >= 15 is 0 Å². The molecule has 1 amide bonds. The summed E-state index contributed by atoms with van der Waals surface area (Å²) >= 11 is 0. The molecule has 1 heterocycles. The van der Waals surface area contributed by atoms with Crippen molar-refractivity contribution in [2.75, 3.05) is 6.54 Å². The third kappa shape index (κ3) is 3.40. The van der Waals surface area contributed by atoms with Gasteiger partial charge in [0.1, 0.15) is 5.69 Å². The van der Waals surface area contributed by atoms with Crippen molar-refractivity contribution in [3.63, 3.8) is 0 Å². The first-order chi connectivity index (χ1) is 7.83. The highest BCUT2D eigenvalue weighted by molar-refractivity contribution is 5.92. The third-order valence-electron chi connectivity index (χ3n) is 2.17. The second kappa shape index (κ2) is 4.77. The number of amides is 1. The number of carbonyl (C=O) groups excluding carboxylic acids is 1. The number of aliphatic carboxylic acids is 1. The Balaban J connectivity index is 2.65. The maximum Gasteiger partial charge on any atom is 0.310 e. The number of hydrogen-bond acceptors (Lipinski definition) is 4. The van der Waals surface area contributed by atoms with Crippen molar-refractivity contribution in [3.05, 3.63) is 28.4 Å². The highest BCUT2D eigenvalue weighted by atomic mass is 16.4. The molecule has 0 saturated carbocycles. The van der Waals surface area contributed by atoms with Crippen LogP contribution in [0.2, 0.25) is 0 Å². The molecule has 0 aliphatic heterocycles. The number of nitrogens with zero attached hydrogens (tertiary/aromatic N) is 1. The summed E-state index contributed by atoms with van der Waals surface area (Å²) in [6.07, 6.45) is 2.16. The van der Waals surface area contributed by atoms with Gasteiger partial charge in [-0.2, -0.15) is 0 Å². The molecule has 0 fully saturated rings. The van der Waals surface area contributed by atoms with Crippen LogP contribution in [0.15, 0.2) is 17.2 Å². The van der Waals surface area contributed by atoms with Gasteiger partial charge in [-0.3, -0.25) is 14.4 Å². The molecule has 0 bridgehead atoms. The Morgan fingerprint density at radius 2 is 2.18 bits per heavy atom. The van der Waals surface area contributed by atoms with Crippen LogP contribution in [0.3, 0.4) is 0 Å². The lowest BCUT2D eigenvalue weighted by molar-refractivity contribution is -0.146. The zero-order valence-corrected chi connectivity index (χ0v) is 9.48.